The predicted octanol–water partition coefficient (Wildman–Crippen LogP) is 1.14. The van der Waals surface area contributed by atoms with E-state index in [1.807, 2.05) is 0 Å². The highest BCUT2D eigenvalue weighted by Crippen LogP contribution is 2.45. The monoisotopic (exact) mass is 461 g/mol. The molecule has 0 aliphatic carbocycles. The third kappa shape index (κ3) is 3.38. The maximum atomic E-state index is 14.1. The Morgan fingerprint density at radius 3 is 2.82 bits per heavy atom. The largest absolute Gasteiger partial charge is 0.491 e. The summed E-state index contributed by atoms with van der Waals surface area (Å²) < 4.78 is 46.4. The molecule has 0 saturated carbocycles. The van der Waals surface area contributed by atoms with Gasteiger partial charge in [0.1, 0.15) is 30.3 Å². The van der Waals surface area contributed by atoms with Gasteiger partial charge in [-0.1, -0.05) is 0 Å². The van der Waals surface area contributed by atoms with Crippen molar-refractivity contribution in [2.45, 2.75) is 37.6 Å². The molecular formula is C21H21F2N5O5. The molecule has 0 radical (unpaired) electrons. The molecule has 10 nitrogen and oxygen atoms in total. The van der Waals surface area contributed by atoms with Crippen LogP contribution >= 0.6 is 0 Å². The van der Waals surface area contributed by atoms with Gasteiger partial charge in [-0.3, -0.25) is 9.69 Å². The van der Waals surface area contributed by atoms with Crippen LogP contribution in [0.2, 0.25) is 0 Å². The van der Waals surface area contributed by atoms with Gasteiger partial charge < -0.3 is 29.8 Å². The van der Waals surface area contributed by atoms with Crippen molar-refractivity contribution in [1.82, 2.24) is 9.55 Å². The molecular weight excluding hydrogens is 440 g/mol. The number of fused-ring (bicyclic) bond motifs is 3. The van der Waals surface area contributed by atoms with Crippen molar-refractivity contribution in [3.8, 4) is 17.1 Å². The van der Waals surface area contributed by atoms with Crippen LogP contribution < -0.4 is 20.7 Å². The van der Waals surface area contributed by atoms with Gasteiger partial charge in [0.15, 0.2) is 17.4 Å². The number of ether oxygens (including phenoxy) is 3. The first-order valence-corrected chi connectivity index (χ1v) is 10.3. The van der Waals surface area contributed by atoms with Gasteiger partial charge in [-0.05, 0) is 19.1 Å². The Bertz CT molecular complexity index is 1160. The molecule has 3 aliphatic rings. The summed E-state index contributed by atoms with van der Waals surface area (Å²) in [5, 5.41) is 2.99. The third-order valence-electron chi connectivity index (χ3n) is 5.99. The number of halogens is 2. The van der Waals surface area contributed by atoms with Crippen LogP contribution in [0.3, 0.4) is 0 Å². The minimum absolute atomic E-state index is 0.0482. The number of primary amides is 1. The molecule has 3 aliphatic heterocycles. The molecule has 12 heteroatoms. The lowest BCUT2D eigenvalue weighted by Crippen LogP contribution is -2.61. The third-order valence-corrected chi connectivity index (χ3v) is 5.99. The molecule has 4 heterocycles. The molecule has 0 bridgehead atoms. The Hall–Kier alpha value is -3.63. The predicted molar refractivity (Wildman–Crippen MR) is 112 cm³/mol. The normalized spacial score (nSPS) is 21.3. The van der Waals surface area contributed by atoms with E-state index in [1.165, 1.54) is 0 Å². The van der Waals surface area contributed by atoms with Crippen LogP contribution in [-0.4, -0.2) is 65.3 Å². The maximum Gasteiger partial charge on any atom is 0.285 e. The average molecular weight is 461 g/mol. The molecule has 5 rings (SSSR count). The van der Waals surface area contributed by atoms with Gasteiger partial charge in [-0.2, -0.15) is 0 Å². The van der Waals surface area contributed by atoms with Gasteiger partial charge in [-0.15, -0.1) is 0 Å². The SMILES string of the molecule is CC(Nc1ccc2c(c1)OCCn1cc(N3C(=C=O)OC4(COC4)[C@H]3C(F)F)nc1-2)C(N)=O. The Kier molecular flexibility index (Phi) is 4.98. The molecule has 2 atom stereocenters. The number of nitrogens with one attached hydrogen (secondary N) is 1. The van der Waals surface area contributed by atoms with Crippen LogP contribution in [-0.2, 0) is 25.6 Å². The molecule has 2 saturated heterocycles. The van der Waals surface area contributed by atoms with E-state index in [2.05, 4.69) is 10.3 Å². The smallest absolute Gasteiger partial charge is 0.285 e. The van der Waals surface area contributed by atoms with Crippen LogP contribution in [0, 0.1) is 0 Å². The molecule has 2 aromatic rings. The summed E-state index contributed by atoms with van der Waals surface area (Å²) in [6.07, 6.45) is -1.22. The van der Waals surface area contributed by atoms with E-state index in [0.29, 0.717) is 36.0 Å². The van der Waals surface area contributed by atoms with Crippen molar-refractivity contribution in [2.24, 2.45) is 5.73 Å². The van der Waals surface area contributed by atoms with E-state index >= 15 is 0 Å². The van der Waals surface area contributed by atoms with E-state index in [9.17, 15) is 18.4 Å². The van der Waals surface area contributed by atoms with E-state index in [4.69, 9.17) is 19.9 Å². The zero-order chi connectivity index (χ0) is 23.3. The van der Waals surface area contributed by atoms with E-state index < -0.39 is 30.0 Å². The lowest BCUT2D eigenvalue weighted by atomic mass is 9.92. The minimum atomic E-state index is -2.81. The molecule has 1 aromatic carbocycles. The molecule has 1 unspecified atom stereocenters. The van der Waals surface area contributed by atoms with Gasteiger partial charge in [0.05, 0.1) is 25.3 Å². The van der Waals surface area contributed by atoms with Crippen molar-refractivity contribution >= 4 is 23.4 Å². The number of hydrogen-bond donors (Lipinski definition) is 2. The van der Waals surface area contributed by atoms with Crippen LogP contribution in [0.25, 0.3) is 11.4 Å². The topological polar surface area (TPSA) is 121 Å². The number of aromatic nitrogens is 2. The Morgan fingerprint density at radius 2 is 2.18 bits per heavy atom. The first-order chi connectivity index (χ1) is 15.8. The maximum absolute atomic E-state index is 14.1. The highest BCUT2D eigenvalue weighted by molar-refractivity contribution is 5.83. The zero-order valence-corrected chi connectivity index (χ0v) is 17.6. The summed E-state index contributed by atoms with van der Waals surface area (Å²) in [6.45, 7) is 2.25. The summed E-state index contributed by atoms with van der Waals surface area (Å²) in [7, 11) is 0. The summed E-state index contributed by atoms with van der Waals surface area (Å²) in [5.41, 5.74) is 5.26. The molecule has 3 N–H and O–H groups in total. The number of alkyl halides is 2. The van der Waals surface area contributed by atoms with Crippen molar-refractivity contribution in [3.05, 3.63) is 30.3 Å². The number of carbonyl (C=O) groups excluding carboxylic acids is 2. The standard InChI is InChI=1S/C21H21F2N5O5/c1-11(19(24)30)25-12-2-3-13-14(6-12)32-5-4-27-7-15(26-20(13)27)28-16(8-29)33-21(9-31-10-21)17(28)18(22)23/h2-3,6-7,11,17-18,25H,4-5,9-10H2,1H3,(H2,24,30)/t11?,17-/m1/s1. The average Bonchev–Trinajstić information content (AvgIpc) is 3.28. The number of carbonyl (C=O) groups is 1. The quantitative estimate of drug-likeness (QED) is 0.636. The molecule has 1 amide bonds. The molecule has 1 aromatic heterocycles. The number of amides is 1. The Labute approximate surface area is 186 Å². The second-order valence-corrected chi connectivity index (χ2v) is 8.16. The van der Waals surface area contributed by atoms with Crippen LogP contribution in [0.15, 0.2) is 30.3 Å². The van der Waals surface area contributed by atoms with Crippen LogP contribution in [0.4, 0.5) is 20.3 Å². The molecule has 174 valence electrons. The minimum Gasteiger partial charge on any atom is -0.491 e. The lowest BCUT2D eigenvalue weighted by molar-refractivity contribution is -0.191. The van der Waals surface area contributed by atoms with Gasteiger partial charge in [0.2, 0.25) is 5.91 Å². The summed E-state index contributed by atoms with van der Waals surface area (Å²) in [6, 6.07) is 3.20. The fourth-order valence-corrected chi connectivity index (χ4v) is 4.25. The summed E-state index contributed by atoms with van der Waals surface area (Å²) in [4.78, 5) is 28.6. The van der Waals surface area contributed by atoms with Crippen LogP contribution in [0.1, 0.15) is 6.92 Å². The van der Waals surface area contributed by atoms with Crippen LogP contribution in [0.5, 0.6) is 5.75 Å². The van der Waals surface area contributed by atoms with E-state index in [1.54, 1.807) is 41.8 Å². The first-order valence-electron chi connectivity index (χ1n) is 10.3. The molecule has 2 fully saturated rings. The number of rotatable bonds is 5. The second kappa shape index (κ2) is 7.75. The van der Waals surface area contributed by atoms with E-state index in [0.717, 1.165) is 4.90 Å². The number of anilines is 2. The number of nitrogens with two attached hydrogens (primary N) is 1. The summed E-state index contributed by atoms with van der Waals surface area (Å²) in [5.74, 6) is 1.93. The van der Waals surface area contributed by atoms with Gasteiger partial charge in [0.25, 0.3) is 12.3 Å². The van der Waals surface area contributed by atoms with Crippen molar-refractivity contribution in [2.75, 3.05) is 30.0 Å². The van der Waals surface area contributed by atoms with Gasteiger partial charge >= 0.3 is 0 Å². The van der Waals surface area contributed by atoms with Gasteiger partial charge in [-0.25, -0.2) is 18.6 Å². The number of hydrogen-bond acceptors (Lipinski definition) is 8. The summed E-state index contributed by atoms with van der Waals surface area (Å²) >= 11 is 0. The molecule has 1 spiro atoms. The number of benzene rings is 1. The molecule has 33 heavy (non-hydrogen) atoms. The highest BCUT2D eigenvalue weighted by atomic mass is 19.3. The van der Waals surface area contributed by atoms with Crippen molar-refractivity contribution in [3.63, 3.8) is 0 Å². The number of imidazole rings is 1. The van der Waals surface area contributed by atoms with Gasteiger partial charge in [0, 0.05) is 18.0 Å². The Morgan fingerprint density at radius 1 is 1.39 bits per heavy atom. The van der Waals surface area contributed by atoms with Crippen molar-refractivity contribution < 1.29 is 32.6 Å². The second-order valence-electron chi connectivity index (χ2n) is 8.16. The first kappa shape index (κ1) is 21.2. The fraction of sp³-hybridized carbons (Fsp3) is 0.429. The highest BCUT2D eigenvalue weighted by Gasteiger charge is 2.62. The number of nitrogens with zero attached hydrogens (tertiary/aromatic N) is 3. The fourth-order valence-electron chi connectivity index (χ4n) is 4.25. The zero-order valence-electron chi connectivity index (χ0n) is 17.6. The van der Waals surface area contributed by atoms with E-state index in [-0.39, 0.29) is 24.9 Å². The lowest BCUT2D eigenvalue weighted by Gasteiger charge is -2.40. The van der Waals surface area contributed by atoms with Crippen molar-refractivity contribution in [1.29, 1.82) is 0 Å². The Balaban J connectivity index is 1.53.